The first-order chi connectivity index (χ1) is 11.3. The van der Waals surface area contributed by atoms with Crippen LogP contribution in [0.1, 0.15) is 51.9 Å². The number of phenolic OH excluding ortho intramolecular Hbond substituents is 2. The first-order valence-corrected chi connectivity index (χ1v) is 6.25. The number of benzene rings is 1. The molecule has 0 radical (unpaired) electrons. The van der Waals surface area contributed by atoms with Crippen LogP contribution in [-0.4, -0.2) is 10.2 Å². The van der Waals surface area contributed by atoms with Crippen LogP contribution in [0.5, 0.6) is 11.5 Å². The van der Waals surface area contributed by atoms with Crippen LogP contribution >= 0.6 is 0 Å². The fourth-order valence-electron chi connectivity index (χ4n) is 2.71. The predicted octanol–water partition coefficient (Wildman–Crippen LogP) is 4.42. The zero-order valence-electron chi connectivity index (χ0n) is 16.9. The second kappa shape index (κ2) is 5.12. The molecule has 0 fully saturated rings. The van der Waals surface area contributed by atoms with Crippen LogP contribution in [0.4, 0.5) is 0 Å². The largest absolute Gasteiger partial charge is 0.507 e. The lowest BCUT2D eigenvalue weighted by molar-refractivity contribution is 0.406. The summed E-state index contributed by atoms with van der Waals surface area (Å²) in [4.78, 5) is 0. The van der Waals surface area contributed by atoms with Crippen molar-refractivity contribution in [3.8, 4) is 11.5 Å². The molecule has 1 aromatic carbocycles. The normalized spacial score (nSPS) is 29.0. The summed E-state index contributed by atoms with van der Waals surface area (Å²) < 4.78 is 45.1. The molecule has 0 amide bonds. The number of allylic oxidation sites excluding steroid dienone is 3. The van der Waals surface area contributed by atoms with Gasteiger partial charge >= 0.3 is 0 Å². The highest BCUT2D eigenvalue weighted by Crippen LogP contribution is 2.46. The van der Waals surface area contributed by atoms with Crippen LogP contribution in [0.25, 0.3) is 0 Å². The van der Waals surface area contributed by atoms with Crippen LogP contribution in [0.15, 0.2) is 35.9 Å². The molecule has 0 spiro atoms. The molecular formula is C17H22O2. The van der Waals surface area contributed by atoms with E-state index in [0.717, 1.165) is 17.7 Å². The average molecular weight is 264 g/mol. The molecule has 2 N–H and O–H groups in total. The monoisotopic (exact) mass is 264 g/mol. The predicted molar refractivity (Wildman–Crippen MR) is 78.5 cm³/mol. The summed E-state index contributed by atoms with van der Waals surface area (Å²) in [5.41, 5.74) is 1.05. The van der Waals surface area contributed by atoms with Crippen molar-refractivity contribution in [2.75, 3.05) is 0 Å². The third-order valence-corrected chi connectivity index (χ3v) is 3.64. The molecule has 19 heavy (non-hydrogen) atoms. The van der Waals surface area contributed by atoms with E-state index in [1.807, 2.05) is 6.92 Å². The second-order valence-corrected chi connectivity index (χ2v) is 5.14. The number of hydrogen-bond acceptors (Lipinski definition) is 2. The average Bonchev–Trinajstić information content (AvgIpc) is 2.44. The lowest BCUT2D eigenvalue weighted by atomic mass is 9.74. The Bertz CT molecular complexity index is 692. The molecule has 2 nitrogen and oxygen atoms in total. The highest BCUT2D eigenvalue weighted by Gasteiger charge is 2.29. The maximum absolute atomic E-state index is 10.4. The zero-order chi connectivity index (χ0) is 19.2. The maximum atomic E-state index is 10.4. The van der Waals surface area contributed by atoms with Crippen molar-refractivity contribution in [1.29, 1.82) is 0 Å². The van der Waals surface area contributed by atoms with E-state index < -0.39 is 19.6 Å². The standard InChI is InChI=1S/C17H22O2/c1-10(2)13-6-5-11(3)7-14(13)17-15(18)8-12(4)9-16(17)19/h7-9,13-14,18-19H,1,5-6H2,2-4H3/t13-,14?/m1/s1/i3D3,4D3. The summed E-state index contributed by atoms with van der Waals surface area (Å²) in [5.74, 6) is -1.44. The van der Waals surface area contributed by atoms with Gasteiger partial charge in [0.15, 0.2) is 0 Å². The molecular weight excluding hydrogens is 236 g/mol. The van der Waals surface area contributed by atoms with Crippen LogP contribution in [0.3, 0.4) is 0 Å². The second-order valence-electron chi connectivity index (χ2n) is 5.14. The van der Waals surface area contributed by atoms with Crippen molar-refractivity contribution >= 4 is 0 Å². The van der Waals surface area contributed by atoms with Crippen LogP contribution < -0.4 is 0 Å². The molecule has 0 bridgehead atoms. The Kier molecular flexibility index (Phi) is 2.10. The van der Waals surface area contributed by atoms with Crippen molar-refractivity contribution in [2.24, 2.45) is 5.92 Å². The summed E-state index contributed by atoms with van der Waals surface area (Å²) in [7, 11) is 0. The molecule has 2 atom stereocenters. The fraction of sp³-hybridized carbons (Fsp3) is 0.412. The van der Waals surface area contributed by atoms with E-state index in [-0.39, 0.29) is 34.1 Å². The lowest BCUT2D eigenvalue weighted by Crippen LogP contribution is -2.17. The van der Waals surface area contributed by atoms with Gasteiger partial charge in [-0.1, -0.05) is 23.8 Å². The van der Waals surface area contributed by atoms with Crippen molar-refractivity contribution in [3.63, 3.8) is 0 Å². The highest BCUT2D eigenvalue weighted by molar-refractivity contribution is 5.51. The minimum absolute atomic E-state index is 0.141. The molecule has 0 heterocycles. The first kappa shape index (κ1) is 7.78. The Hall–Kier alpha value is -1.70. The topological polar surface area (TPSA) is 40.5 Å². The van der Waals surface area contributed by atoms with Gasteiger partial charge in [0.1, 0.15) is 11.5 Å². The van der Waals surface area contributed by atoms with E-state index >= 15 is 0 Å². The van der Waals surface area contributed by atoms with Gasteiger partial charge in [-0.25, -0.2) is 0 Å². The number of aryl methyl sites for hydroxylation is 1. The molecule has 2 rings (SSSR count). The van der Waals surface area contributed by atoms with Gasteiger partial charge < -0.3 is 10.2 Å². The molecule has 0 aromatic heterocycles. The third-order valence-electron chi connectivity index (χ3n) is 3.64. The van der Waals surface area contributed by atoms with Gasteiger partial charge in [-0.2, -0.15) is 0 Å². The molecule has 0 saturated carbocycles. The number of hydrogen-bond donors (Lipinski definition) is 2. The minimum atomic E-state index is -2.46. The molecule has 1 aliphatic carbocycles. The Balaban J connectivity index is 2.61. The van der Waals surface area contributed by atoms with Crippen LogP contribution in [-0.2, 0) is 0 Å². The van der Waals surface area contributed by atoms with Crippen molar-refractivity contribution in [2.45, 2.75) is 39.4 Å². The summed E-state index contributed by atoms with van der Waals surface area (Å²) in [6.07, 6.45) is 2.48. The quantitative estimate of drug-likeness (QED) is 0.776. The Morgan fingerprint density at radius 2 is 2.00 bits per heavy atom. The van der Waals surface area contributed by atoms with E-state index in [1.54, 1.807) is 6.08 Å². The van der Waals surface area contributed by atoms with Crippen LogP contribution in [0, 0.1) is 12.8 Å². The Morgan fingerprint density at radius 1 is 1.32 bits per heavy atom. The fourth-order valence-corrected chi connectivity index (χ4v) is 2.71. The molecule has 0 saturated heterocycles. The van der Waals surface area contributed by atoms with Crippen molar-refractivity contribution < 1.29 is 18.4 Å². The Morgan fingerprint density at radius 3 is 2.53 bits per heavy atom. The molecule has 102 valence electrons. The van der Waals surface area contributed by atoms with E-state index in [9.17, 15) is 10.2 Å². The first-order valence-electron chi connectivity index (χ1n) is 9.25. The number of phenols is 2. The summed E-state index contributed by atoms with van der Waals surface area (Å²) in [6.45, 7) is 1.04. The summed E-state index contributed by atoms with van der Waals surface area (Å²) in [5, 5.41) is 20.7. The summed E-state index contributed by atoms with van der Waals surface area (Å²) >= 11 is 0. The third kappa shape index (κ3) is 2.67. The van der Waals surface area contributed by atoms with Gasteiger partial charge in [0.2, 0.25) is 0 Å². The van der Waals surface area contributed by atoms with Gasteiger partial charge in [-0.3, -0.25) is 0 Å². The SMILES string of the molecule is [2H]C([2H])([2H])C1=CC(c2c(O)cc(C([2H])([2H])[2H])cc2O)[C@@H](C(=C)C)CC1. The summed E-state index contributed by atoms with van der Waals surface area (Å²) in [6, 6.07) is 2.21. The van der Waals surface area contributed by atoms with Gasteiger partial charge in [-0.15, -0.1) is 0 Å². The zero-order valence-corrected chi connectivity index (χ0v) is 10.9. The lowest BCUT2D eigenvalue weighted by Gasteiger charge is -2.31. The van der Waals surface area contributed by atoms with E-state index in [1.165, 1.54) is 0 Å². The molecule has 1 aliphatic rings. The van der Waals surface area contributed by atoms with E-state index in [4.69, 9.17) is 8.22 Å². The van der Waals surface area contributed by atoms with Gasteiger partial charge in [0, 0.05) is 19.7 Å². The van der Waals surface area contributed by atoms with Gasteiger partial charge in [-0.05, 0) is 57.1 Å². The maximum Gasteiger partial charge on any atom is 0.123 e. The van der Waals surface area contributed by atoms with E-state index in [0.29, 0.717) is 12.8 Å². The van der Waals surface area contributed by atoms with Crippen molar-refractivity contribution in [1.82, 2.24) is 0 Å². The molecule has 1 unspecified atom stereocenters. The minimum Gasteiger partial charge on any atom is -0.507 e. The number of rotatable bonds is 2. The van der Waals surface area contributed by atoms with Gasteiger partial charge in [0.05, 0.1) is 0 Å². The number of aromatic hydroxyl groups is 2. The van der Waals surface area contributed by atoms with Crippen LogP contribution in [0.2, 0.25) is 0 Å². The molecule has 2 heteroatoms. The van der Waals surface area contributed by atoms with Gasteiger partial charge in [0.25, 0.3) is 0 Å². The highest BCUT2D eigenvalue weighted by atomic mass is 16.3. The Labute approximate surface area is 123 Å². The van der Waals surface area contributed by atoms with E-state index in [2.05, 4.69) is 6.58 Å². The molecule has 0 aliphatic heterocycles. The van der Waals surface area contributed by atoms with Crippen molar-refractivity contribution in [3.05, 3.63) is 47.1 Å². The molecule has 1 aromatic rings. The smallest absolute Gasteiger partial charge is 0.123 e.